The summed E-state index contributed by atoms with van der Waals surface area (Å²) in [5.74, 6) is 0. The molecular weight excluding hydrogens is 349 g/mol. The molecule has 0 aromatic carbocycles. The van der Waals surface area contributed by atoms with Crippen molar-refractivity contribution >= 4 is 44.8 Å². The van der Waals surface area contributed by atoms with Gasteiger partial charge in [-0.05, 0) is 37.9 Å². The fraction of sp³-hybridized carbons (Fsp3) is 0. The predicted octanol–water partition coefficient (Wildman–Crippen LogP) is 4.50. The maximum atomic E-state index is 9.75. The van der Waals surface area contributed by atoms with E-state index in [0.29, 0.717) is 14.9 Å². The van der Waals surface area contributed by atoms with E-state index in [9.17, 15) is 17.3 Å². The molecule has 0 unspecified atom stereocenters. The minimum Gasteiger partial charge on any atom is -0.418 e. The number of halogens is 6. The highest BCUT2D eigenvalue weighted by molar-refractivity contribution is 9.11. The second-order valence-corrected chi connectivity index (χ2v) is 3.60. The molecule has 0 radical (unpaired) electrons. The Labute approximate surface area is 100 Å². The van der Waals surface area contributed by atoms with Crippen LogP contribution in [0, 0.1) is 5.39 Å². The highest BCUT2D eigenvalue weighted by atomic mass is 79.9. The molecule has 10 heteroatoms. The summed E-state index contributed by atoms with van der Waals surface area (Å²) in [6, 6.07) is 3.33. The molecule has 0 aliphatic heterocycles. The molecule has 0 N–H and O–H groups in total. The fourth-order valence-corrected chi connectivity index (χ4v) is 1.43. The lowest BCUT2D eigenvalue weighted by Gasteiger charge is -1.94. The van der Waals surface area contributed by atoms with Crippen LogP contribution in [0.3, 0.4) is 0 Å². The summed E-state index contributed by atoms with van der Waals surface area (Å²) < 4.78 is 40.2. The molecule has 82 valence electrons. The molecule has 15 heavy (non-hydrogen) atoms. The third-order valence-corrected chi connectivity index (χ3v) is 1.93. The van der Waals surface area contributed by atoms with Crippen LogP contribution in [-0.4, -0.2) is 12.2 Å². The van der Waals surface area contributed by atoms with Crippen molar-refractivity contribution in [3.8, 4) is 0 Å². The number of hydrogen-bond donors (Lipinski definition) is 0. The fourth-order valence-electron chi connectivity index (χ4n) is 0.479. The van der Waals surface area contributed by atoms with Crippen LogP contribution in [0.5, 0.6) is 0 Å². The van der Waals surface area contributed by atoms with Gasteiger partial charge in [-0.15, -0.1) is 0 Å². The molecule has 0 fully saturated rings. The van der Waals surface area contributed by atoms with Crippen LogP contribution < -0.4 is 0 Å². The summed E-state index contributed by atoms with van der Waals surface area (Å²) >= 11 is 6.27. The summed E-state index contributed by atoms with van der Waals surface area (Å²) in [5.41, 5.74) is 0.420. The molecule has 1 heterocycles. The lowest BCUT2D eigenvalue weighted by Crippen LogP contribution is -2.02. The largest absolute Gasteiger partial charge is 1.00 e. The van der Waals surface area contributed by atoms with Gasteiger partial charge in [0.05, 0.1) is 0 Å². The van der Waals surface area contributed by atoms with E-state index in [4.69, 9.17) is 5.39 Å². The zero-order chi connectivity index (χ0) is 12.1. The lowest BCUT2D eigenvalue weighted by atomic mass is 10.3. The van der Waals surface area contributed by atoms with Crippen molar-refractivity contribution in [3.05, 3.63) is 26.3 Å². The topological polar surface area (TPSA) is 41.0 Å². The van der Waals surface area contributed by atoms with E-state index in [1.54, 1.807) is 12.1 Å². The van der Waals surface area contributed by atoms with E-state index in [1.807, 2.05) is 0 Å². The van der Waals surface area contributed by atoms with Gasteiger partial charge < -0.3 is 17.3 Å². The SMILES string of the molecule is F[B-](F)(F)F.N#[N+]c1ccc(Br)nc1Br.[H+]. The van der Waals surface area contributed by atoms with Crippen molar-refractivity contribution in [3.63, 3.8) is 0 Å². The Bertz CT molecular complexity index is 377. The van der Waals surface area contributed by atoms with Crippen LogP contribution in [0.1, 0.15) is 1.43 Å². The number of diazo groups is 1. The maximum absolute atomic E-state index is 9.75. The van der Waals surface area contributed by atoms with Gasteiger partial charge in [0.1, 0.15) is 4.60 Å². The first-order valence-corrected chi connectivity index (χ1v) is 4.87. The Hall–Kier alpha value is -0.685. The first-order valence-electron chi connectivity index (χ1n) is 3.28. The third kappa shape index (κ3) is 8.32. The standard InChI is InChI=1S/C5H2Br2N3.BF4/c6-4-2-1-3(10-8)5(7)9-4;2-1(3,4)5/h1-2H;/q+1;-1/p+1. The lowest BCUT2D eigenvalue weighted by molar-refractivity contribution is 0.368. The first kappa shape index (κ1) is 14.3. The van der Waals surface area contributed by atoms with Crippen LogP contribution in [0.15, 0.2) is 21.3 Å². The average Bonchev–Trinajstić information content (AvgIpc) is 2.01. The van der Waals surface area contributed by atoms with Crippen LogP contribution in [0.4, 0.5) is 23.0 Å². The van der Waals surface area contributed by atoms with Crippen molar-refractivity contribution in [2.24, 2.45) is 0 Å². The van der Waals surface area contributed by atoms with E-state index in [-0.39, 0.29) is 1.43 Å². The Balaban J connectivity index is 0. The molecule has 1 aromatic heterocycles. The number of rotatable bonds is 0. The predicted molar refractivity (Wildman–Crippen MR) is 55.7 cm³/mol. The van der Waals surface area contributed by atoms with Gasteiger partial charge in [0.25, 0.3) is 0 Å². The third-order valence-electron chi connectivity index (χ3n) is 0.903. The summed E-state index contributed by atoms with van der Waals surface area (Å²) in [5, 5.41) is 8.35. The summed E-state index contributed by atoms with van der Waals surface area (Å²) in [7, 11) is -6.00. The zero-order valence-corrected chi connectivity index (χ0v) is 10.0. The average molecular weight is 352 g/mol. The van der Waals surface area contributed by atoms with Crippen LogP contribution in [0.2, 0.25) is 0 Å². The van der Waals surface area contributed by atoms with Gasteiger partial charge in [-0.25, -0.2) is 4.98 Å². The molecule has 0 saturated carbocycles. The van der Waals surface area contributed by atoms with Gasteiger partial charge in [0.2, 0.25) is 10.00 Å². The van der Waals surface area contributed by atoms with Crippen molar-refractivity contribution in [1.82, 2.24) is 4.98 Å². The molecule has 0 bridgehead atoms. The van der Waals surface area contributed by atoms with Crippen LogP contribution >= 0.6 is 31.9 Å². The second kappa shape index (κ2) is 6.02. The van der Waals surface area contributed by atoms with Gasteiger partial charge in [0.15, 0.2) is 4.98 Å². The zero-order valence-electron chi connectivity index (χ0n) is 7.84. The monoisotopic (exact) mass is 350 g/mol. The number of pyridine rings is 1. The van der Waals surface area contributed by atoms with Crippen molar-refractivity contribution in [2.45, 2.75) is 0 Å². The molecule has 1 rings (SSSR count). The quantitative estimate of drug-likeness (QED) is 0.299. The Morgan fingerprint density at radius 2 is 1.73 bits per heavy atom. The van der Waals surface area contributed by atoms with E-state index in [0.717, 1.165) is 0 Å². The minimum atomic E-state index is -6.00. The van der Waals surface area contributed by atoms with Crippen molar-refractivity contribution < 1.29 is 18.7 Å². The Kier molecular flexibility index (Phi) is 5.75. The number of aromatic nitrogens is 1. The highest BCUT2D eigenvalue weighted by Gasteiger charge is 2.20. The van der Waals surface area contributed by atoms with Gasteiger partial charge in [-0.1, -0.05) is 0 Å². The van der Waals surface area contributed by atoms with Crippen LogP contribution in [0.25, 0.3) is 4.98 Å². The van der Waals surface area contributed by atoms with Gasteiger partial charge in [0, 0.05) is 6.07 Å². The van der Waals surface area contributed by atoms with Gasteiger partial charge in [-0.3, -0.25) is 0 Å². The maximum Gasteiger partial charge on any atom is 1.00 e. The summed E-state index contributed by atoms with van der Waals surface area (Å²) in [6.45, 7) is 0. The summed E-state index contributed by atoms with van der Waals surface area (Å²) in [4.78, 5) is 6.90. The molecule has 1 aromatic rings. The molecule has 0 aliphatic rings. The second-order valence-electron chi connectivity index (χ2n) is 2.04. The minimum absolute atomic E-state index is 0. The molecule has 0 atom stereocenters. The van der Waals surface area contributed by atoms with Gasteiger partial charge >= 0.3 is 14.4 Å². The molecule has 0 aliphatic carbocycles. The number of hydrogen-bond acceptors (Lipinski definition) is 2. The Morgan fingerprint density at radius 3 is 2.07 bits per heavy atom. The van der Waals surface area contributed by atoms with E-state index < -0.39 is 7.25 Å². The Morgan fingerprint density at radius 1 is 1.27 bits per heavy atom. The molecule has 0 amide bonds. The molecule has 3 nitrogen and oxygen atoms in total. The summed E-state index contributed by atoms with van der Waals surface area (Å²) in [6.07, 6.45) is 0. The molecule has 0 spiro atoms. The molecule has 0 saturated heterocycles. The van der Waals surface area contributed by atoms with Crippen molar-refractivity contribution in [1.29, 1.82) is 5.39 Å². The smallest absolute Gasteiger partial charge is 0.418 e. The van der Waals surface area contributed by atoms with E-state index in [1.165, 1.54) is 0 Å². The van der Waals surface area contributed by atoms with Gasteiger partial charge in [-0.2, -0.15) is 0 Å². The molecular formula is C5H3BBr2F4N3+. The number of nitrogens with zero attached hydrogens (tertiary/aromatic N) is 3. The highest BCUT2D eigenvalue weighted by Crippen LogP contribution is 2.24. The van der Waals surface area contributed by atoms with Crippen LogP contribution in [-0.2, 0) is 0 Å². The van der Waals surface area contributed by atoms with Crippen molar-refractivity contribution in [2.75, 3.05) is 0 Å². The van der Waals surface area contributed by atoms with E-state index >= 15 is 0 Å². The van der Waals surface area contributed by atoms with E-state index in [2.05, 4.69) is 41.8 Å². The normalized spacial score (nSPS) is 9.93. The first-order chi connectivity index (χ1) is 6.74.